The van der Waals surface area contributed by atoms with Crippen LogP contribution in [-0.4, -0.2) is 22.1 Å². The van der Waals surface area contributed by atoms with Gasteiger partial charge in [0.2, 0.25) is 0 Å². The maximum absolute atomic E-state index is 5.22. The highest BCUT2D eigenvalue weighted by molar-refractivity contribution is 5.30. The van der Waals surface area contributed by atoms with Crippen LogP contribution in [0.2, 0.25) is 0 Å². The van der Waals surface area contributed by atoms with E-state index in [4.69, 9.17) is 4.74 Å². The molecule has 5 nitrogen and oxygen atoms in total. The first kappa shape index (κ1) is 12.6. The molecule has 1 aromatic heterocycles. The summed E-state index contributed by atoms with van der Waals surface area (Å²) in [5, 5.41) is 11.4. The van der Waals surface area contributed by atoms with Crippen LogP contribution < -0.4 is 10.1 Å². The van der Waals surface area contributed by atoms with E-state index in [0.717, 1.165) is 11.4 Å². The molecule has 0 saturated heterocycles. The van der Waals surface area contributed by atoms with Gasteiger partial charge in [-0.15, -0.1) is 5.10 Å². The van der Waals surface area contributed by atoms with Crippen molar-refractivity contribution < 1.29 is 4.74 Å². The maximum atomic E-state index is 5.22. The third kappa shape index (κ3) is 3.07. The lowest BCUT2D eigenvalue weighted by atomic mass is 10.1. The Hall–Kier alpha value is -1.88. The molecule has 0 bridgehead atoms. The van der Waals surface area contributed by atoms with Crippen LogP contribution in [0.5, 0.6) is 5.75 Å². The van der Waals surface area contributed by atoms with Gasteiger partial charge in [0.15, 0.2) is 0 Å². The smallest absolute Gasteiger partial charge is 0.119 e. The molecule has 0 spiro atoms. The number of hydrogen-bond acceptors (Lipinski definition) is 4. The Labute approximate surface area is 107 Å². The average Bonchev–Trinajstić information content (AvgIpc) is 2.82. The van der Waals surface area contributed by atoms with E-state index in [1.807, 2.05) is 31.4 Å². The van der Waals surface area contributed by atoms with Crippen molar-refractivity contribution in [2.75, 3.05) is 7.11 Å². The molecular weight excluding hydrogens is 228 g/mol. The zero-order valence-electron chi connectivity index (χ0n) is 10.9. The highest BCUT2D eigenvalue weighted by atomic mass is 16.5. The lowest BCUT2D eigenvalue weighted by Crippen LogP contribution is -2.18. The minimum atomic E-state index is 0.238. The fourth-order valence-electron chi connectivity index (χ4n) is 1.76. The van der Waals surface area contributed by atoms with Crippen LogP contribution in [0.3, 0.4) is 0 Å². The van der Waals surface area contributed by atoms with Crippen LogP contribution in [0.25, 0.3) is 0 Å². The summed E-state index contributed by atoms with van der Waals surface area (Å²) in [5.41, 5.74) is 2.13. The van der Waals surface area contributed by atoms with Gasteiger partial charge in [-0.1, -0.05) is 17.3 Å². The molecule has 0 aliphatic heterocycles. The Kier molecular flexibility index (Phi) is 3.94. The highest BCUT2D eigenvalue weighted by Crippen LogP contribution is 2.18. The highest BCUT2D eigenvalue weighted by Gasteiger charge is 2.07. The van der Waals surface area contributed by atoms with Crippen molar-refractivity contribution in [1.82, 2.24) is 20.3 Å². The molecule has 0 aliphatic rings. The lowest BCUT2D eigenvalue weighted by Gasteiger charge is -2.14. The van der Waals surface area contributed by atoms with Gasteiger partial charge in [0.25, 0.3) is 0 Å². The molecule has 1 atom stereocenters. The molecule has 0 amide bonds. The van der Waals surface area contributed by atoms with Gasteiger partial charge in [0.1, 0.15) is 5.75 Å². The first-order valence-corrected chi connectivity index (χ1v) is 5.91. The molecule has 0 aliphatic carbocycles. The Morgan fingerprint density at radius 1 is 1.44 bits per heavy atom. The van der Waals surface area contributed by atoms with E-state index >= 15 is 0 Å². The van der Waals surface area contributed by atoms with Crippen molar-refractivity contribution >= 4 is 0 Å². The third-order valence-electron chi connectivity index (χ3n) is 2.83. The quantitative estimate of drug-likeness (QED) is 0.872. The summed E-state index contributed by atoms with van der Waals surface area (Å²) in [7, 11) is 3.54. The van der Waals surface area contributed by atoms with Crippen LogP contribution in [0.15, 0.2) is 30.5 Å². The maximum Gasteiger partial charge on any atom is 0.119 e. The summed E-state index contributed by atoms with van der Waals surface area (Å²) in [6.45, 7) is 2.82. The Morgan fingerprint density at radius 2 is 2.28 bits per heavy atom. The summed E-state index contributed by atoms with van der Waals surface area (Å²) in [5.74, 6) is 0.876. The molecule has 0 saturated carbocycles. The third-order valence-corrected chi connectivity index (χ3v) is 2.83. The second kappa shape index (κ2) is 5.64. The van der Waals surface area contributed by atoms with E-state index in [9.17, 15) is 0 Å². The fourth-order valence-corrected chi connectivity index (χ4v) is 1.76. The van der Waals surface area contributed by atoms with Gasteiger partial charge in [-0.25, -0.2) is 0 Å². The average molecular weight is 246 g/mol. The summed E-state index contributed by atoms with van der Waals surface area (Å²) in [4.78, 5) is 0. The summed E-state index contributed by atoms with van der Waals surface area (Å²) < 4.78 is 6.92. The molecule has 96 valence electrons. The summed E-state index contributed by atoms with van der Waals surface area (Å²) >= 11 is 0. The second-order valence-electron chi connectivity index (χ2n) is 4.26. The summed E-state index contributed by atoms with van der Waals surface area (Å²) in [6, 6.07) is 8.29. The Balaban J connectivity index is 1.96. The van der Waals surface area contributed by atoms with Crippen molar-refractivity contribution in [2.24, 2.45) is 7.05 Å². The number of nitrogens with zero attached hydrogens (tertiary/aromatic N) is 3. The zero-order chi connectivity index (χ0) is 13.0. The number of nitrogens with one attached hydrogen (secondary N) is 1. The number of aryl methyl sites for hydroxylation is 1. The predicted molar refractivity (Wildman–Crippen MR) is 69.3 cm³/mol. The molecule has 1 heterocycles. The number of hydrogen-bond donors (Lipinski definition) is 1. The van der Waals surface area contributed by atoms with Crippen LogP contribution in [0, 0.1) is 0 Å². The van der Waals surface area contributed by atoms with E-state index in [1.165, 1.54) is 5.56 Å². The van der Waals surface area contributed by atoms with Gasteiger partial charge >= 0.3 is 0 Å². The summed E-state index contributed by atoms with van der Waals surface area (Å²) in [6.07, 6.45) is 1.91. The molecule has 18 heavy (non-hydrogen) atoms. The van der Waals surface area contributed by atoms with E-state index in [1.54, 1.807) is 11.8 Å². The minimum absolute atomic E-state index is 0.238. The Bertz CT molecular complexity index is 509. The van der Waals surface area contributed by atoms with E-state index in [2.05, 4.69) is 28.6 Å². The second-order valence-corrected chi connectivity index (χ2v) is 4.26. The van der Waals surface area contributed by atoms with Crippen molar-refractivity contribution in [1.29, 1.82) is 0 Å². The molecule has 5 heteroatoms. The van der Waals surface area contributed by atoms with Crippen molar-refractivity contribution in [3.05, 3.63) is 41.7 Å². The van der Waals surface area contributed by atoms with Gasteiger partial charge in [-0.05, 0) is 24.6 Å². The number of methoxy groups -OCH3 is 1. The molecule has 0 fully saturated rings. The van der Waals surface area contributed by atoms with Gasteiger partial charge in [-0.3, -0.25) is 4.68 Å². The SMILES string of the molecule is COc1cccc(C(C)NCc2cn(C)nn2)c1. The Morgan fingerprint density at radius 3 is 2.94 bits per heavy atom. The first-order chi connectivity index (χ1) is 8.69. The van der Waals surface area contributed by atoms with E-state index in [-0.39, 0.29) is 6.04 Å². The fraction of sp³-hybridized carbons (Fsp3) is 0.385. The van der Waals surface area contributed by atoms with Crippen molar-refractivity contribution in [3.63, 3.8) is 0 Å². The molecule has 2 aromatic rings. The van der Waals surface area contributed by atoms with Crippen LogP contribution >= 0.6 is 0 Å². The van der Waals surface area contributed by atoms with Crippen molar-refractivity contribution in [3.8, 4) is 5.75 Å². The normalized spacial score (nSPS) is 12.4. The first-order valence-electron chi connectivity index (χ1n) is 5.91. The van der Waals surface area contributed by atoms with Crippen LogP contribution in [0.1, 0.15) is 24.2 Å². The molecule has 0 radical (unpaired) electrons. The predicted octanol–water partition coefficient (Wildman–Crippen LogP) is 1.67. The molecule has 1 aromatic carbocycles. The molecule has 2 rings (SSSR count). The van der Waals surface area contributed by atoms with Crippen molar-refractivity contribution in [2.45, 2.75) is 19.5 Å². The van der Waals surface area contributed by atoms with E-state index < -0.39 is 0 Å². The number of ether oxygens (including phenoxy) is 1. The monoisotopic (exact) mass is 246 g/mol. The van der Waals surface area contributed by atoms with Gasteiger partial charge in [0, 0.05) is 25.8 Å². The zero-order valence-corrected chi connectivity index (χ0v) is 10.9. The number of aromatic nitrogens is 3. The number of rotatable bonds is 5. The van der Waals surface area contributed by atoms with E-state index in [0.29, 0.717) is 6.54 Å². The molecule has 1 N–H and O–H groups in total. The van der Waals surface area contributed by atoms with Gasteiger partial charge in [-0.2, -0.15) is 0 Å². The largest absolute Gasteiger partial charge is 0.497 e. The number of benzene rings is 1. The van der Waals surface area contributed by atoms with Gasteiger partial charge in [0.05, 0.1) is 12.8 Å². The standard InChI is InChI=1S/C13H18N4O/c1-10(11-5-4-6-13(7-11)18-3)14-8-12-9-17(2)16-15-12/h4-7,9-10,14H,8H2,1-3H3. The van der Waals surface area contributed by atoms with Crippen LogP contribution in [0.4, 0.5) is 0 Å². The van der Waals surface area contributed by atoms with Crippen LogP contribution in [-0.2, 0) is 13.6 Å². The molecular formula is C13H18N4O. The lowest BCUT2D eigenvalue weighted by molar-refractivity contribution is 0.413. The molecule has 1 unspecified atom stereocenters. The van der Waals surface area contributed by atoms with Gasteiger partial charge < -0.3 is 10.1 Å². The minimum Gasteiger partial charge on any atom is -0.497 e. The topological polar surface area (TPSA) is 52.0 Å².